The van der Waals surface area contributed by atoms with Crippen LogP contribution >= 0.6 is 0 Å². The Labute approximate surface area is 91.2 Å². The molecular weight excluding hydrogens is 188 g/mol. The SMILES string of the molecule is CCc1ccc(CNCCNC2CC2)o1. The first-order valence-electron chi connectivity index (χ1n) is 5.90. The monoisotopic (exact) mass is 208 g/mol. The fourth-order valence-electron chi connectivity index (χ4n) is 1.57. The van der Waals surface area contributed by atoms with Gasteiger partial charge >= 0.3 is 0 Å². The maximum atomic E-state index is 5.59. The smallest absolute Gasteiger partial charge is 0.117 e. The summed E-state index contributed by atoms with van der Waals surface area (Å²) in [7, 11) is 0. The van der Waals surface area contributed by atoms with Gasteiger partial charge in [-0.15, -0.1) is 0 Å². The molecule has 0 aliphatic heterocycles. The molecule has 0 radical (unpaired) electrons. The van der Waals surface area contributed by atoms with E-state index in [0.29, 0.717) is 0 Å². The Hall–Kier alpha value is -0.800. The molecule has 1 aliphatic rings. The molecule has 0 bridgehead atoms. The third-order valence-electron chi connectivity index (χ3n) is 2.68. The van der Waals surface area contributed by atoms with Crippen LogP contribution in [0.5, 0.6) is 0 Å². The molecule has 0 aromatic carbocycles. The van der Waals surface area contributed by atoms with Gasteiger partial charge in [0.2, 0.25) is 0 Å². The zero-order chi connectivity index (χ0) is 10.5. The second-order valence-electron chi connectivity index (χ2n) is 4.13. The van der Waals surface area contributed by atoms with Crippen LogP contribution in [-0.4, -0.2) is 19.1 Å². The molecule has 3 heteroatoms. The zero-order valence-corrected chi connectivity index (χ0v) is 9.38. The molecule has 0 unspecified atom stereocenters. The molecule has 15 heavy (non-hydrogen) atoms. The van der Waals surface area contributed by atoms with Crippen molar-refractivity contribution in [3.63, 3.8) is 0 Å². The summed E-state index contributed by atoms with van der Waals surface area (Å²) in [5.74, 6) is 2.11. The van der Waals surface area contributed by atoms with Crippen molar-refractivity contribution >= 4 is 0 Å². The van der Waals surface area contributed by atoms with Gasteiger partial charge in [-0.05, 0) is 25.0 Å². The van der Waals surface area contributed by atoms with Crippen molar-refractivity contribution in [1.29, 1.82) is 0 Å². The first kappa shape index (κ1) is 10.7. The molecule has 1 heterocycles. The quantitative estimate of drug-likeness (QED) is 0.669. The van der Waals surface area contributed by atoms with Crippen molar-refractivity contribution in [3.05, 3.63) is 23.7 Å². The van der Waals surface area contributed by atoms with Crippen LogP contribution in [0.25, 0.3) is 0 Å². The number of nitrogens with one attached hydrogen (secondary N) is 2. The van der Waals surface area contributed by atoms with Crippen LogP contribution in [0.2, 0.25) is 0 Å². The Kier molecular flexibility index (Phi) is 3.80. The maximum absolute atomic E-state index is 5.59. The van der Waals surface area contributed by atoms with Crippen LogP contribution in [0.3, 0.4) is 0 Å². The van der Waals surface area contributed by atoms with Gasteiger partial charge < -0.3 is 15.1 Å². The molecule has 0 spiro atoms. The van der Waals surface area contributed by atoms with Gasteiger partial charge in [0.1, 0.15) is 11.5 Å². The molecule has 0 amide bonds. The van der Waals surface area contributed by atoms with E-state index in [2.05, 4.69) is 29.7 Å². The predicted octanol–water partition coefficient (Wildman–Crippen LogP) is 1.68. The third-order valence-corrected chi connectivity index (χ3v) is 2.68. The van der Waals surface area contributed by atoms with Crippen LogP contribution in [-0.2, 0) is 13.0 Å². The van der Waals surface area contributed by atoms with E-state index in [9.17, 15) is 0 Å². The van der Waals surface area contributed by atoms with Gasteiger partial charge in [0.15, 0.2) is 0 Å². The number of aryl methyl sites for hydroxylation is 1. The standard InChI is InChI=1S/C12H20N2O/c1-2-11-5-6-12(15-11)9-13-7-8-14-10-3-4-10/h5-6,10,13-14H,2-4,7-9H2,1H3. The van der Waals surface area contributed by atoms with E-state index >= 15 is 0 Å². The summed E-state index contributed by atoms with van der Waals surface area (Å²) in [6.07, 6.45) is 3.69. The van der Waals surface area contributed by atoms with Crippen molar-refractivity contribution in [2.24, 2.45) is 0 Å². The minimum absolute atomic E-state index is 0.808. The molecule has 84 valence electrons. The van der Waals surface area contributed by atoms with Gasteiger partial charge in [0.05, 0.1) is 6.54 Å². The molecule has 0 atom stereocenters. The fraction of sp³-hybridized carbons (Fsp3) is 0.667. The van der Waals surface area contributed by atoms with E-state index in [0.717, 1.165) is 43.6 Å². The highest BCUT2D eigenvalue weighted by Gasteiger charge is 2.19. The average Bonchev–Trinajstić information content (AvgIpc) is 2.96. The van der Waals surface area contributed by atoms with E-state index in [-0.39, 0.29) is 0 Å². The van der Waals surface area contributed by atoms with E-state index in [1.54, 1.807) is 0 Å². The number of hydrogen-bond acceptors (Lipinski definition) is 3. The minimum Gasteiger partial charge on any atom is -0.465 e. The van der Waals surface area contributed by atoms with Gasteiger partial charge in [-0.2, -0.15) is 0 Å². The summed E-state index contributed by atoms with van der Waals surface area (Å²) in [5.41, 5.74) is 0. The van der Waals surface area contributed by atoms with Crippen LogP contribution in [0.1, 0.15) is 31.3 Å². The van der Waals surface area contributed by atoms with E-state index < -0.39 is 0 Å². The highest BCUT2D eigenvalue weighted by molar-refractivity contribution is 5.06. The van der Waals surface area contributed by atoms with Gasteiger partial charge in [0.25, 0.3) is 0 Å². The van der Waals surface area contributed by atoms with Crippen molar-refractivity contribution in [1.82, 2.24) is 10.6 Å². The first-order chi connectivity index (χ1) is 7.38. The molecule has 3 nitrogen and oxygen atoms in total. The lowest BCUT2D eigenvalue weighted by atomic mass is 10.3. The van der Waals surface area contributed by atoms with E-state index in [1.165, 1.54) is 12.8 Å². The fourth-order valence-corrected chi connectivity index (χ4v) is 1.57. The second-order valence-corrected chi connectivity index (χ2v) is 4.13. The summed E-state index contributed by atoms with van der Waals surface area (Å²) in [6.45, 7) is 5.02. The second kappa shape index (κ2) is 5.33. The van der Waals surface area contributed by atoms with Crippen LogP contribution in [0, 0.1) is 0 Å². The average molecular weight is 208 g/mol. The Morgan fingerprint density at radius 2 is 2.07 bits per heavy atom. The molecule has 1 aromatic rings. The maximum Gasteiger partial charge on any atom is 0.117 e. The van der Waals surface area contributed by atoms with Crippen molar-refractivity contribution in [3.8, 4) is 0 Å². The Bertz CT molecular complexity index is 292. The highest BCUT2D eigenvalue weighted by Crippen LogP contribution is 2.17. The van der Waals surface area contributed by atoms with Crippen molar-refractivity contribution < 1.29 is 4.42 Å². The largest absolute Gasteiger partial charge is 0.465 e. The minimum atomic E-state index is 0.808. The normalized spacial score (nSPS) is 15.8. The Morgan fingerprint density at radius 3 is 2.73 bits per heavy atom. The number of hydrogen-bond donors (Lipinski definition) is 2. The molecule has 0 saturated heterocycles. The van der Waals surface area contributed by atoms with E-state index in [4.69, 9.17) is 4.42 Å². The van der Waals surface area contributed by atoms with Gasteiger partial charge in [-0.3, -0.25) is 0 Å². The lowest BCUT2D eigenvalue weighted by molar-refractivity contribution is 0.449. The molecule has 1 saturated carbocycles. The zero-order valence-electron chi connectivity index (χ0n) is 9.38. The van der Waals surface area contributed by atoms with Crippen molar-refractivity contribution in [2.45, 2.75) is 38.8 Å². The lowest BCUT2D eigenvalue weighted by Crippen LogP contribution is -2.28. The molecule has 1 fully saturated rings. The van der Waals surface area contributed by atoms with Gasteiger partial charge in [-0.25, -0.2) is 0 Å². The summed E-state index contributed by atoms with van der Waals surface area (Å²) >= 11 is 0. The molecule has 2 rings (SSSR count). The van der Waals surface area contributed by atoms with Crippen LogP contribution in [0.15, 0.2) is 16.5 Å². The summed E-state index contributed by atoms with van der Waals surface area (Å²) < 4.78 is 5.59. The van der Waals surface area contributed by atoms with Crippen LogP contribution < -0.4 is 10.6 Å². The third kappa shape index (κ3) is 3.68. The van der Waals surface area contributed by atoms with Crippen molar-refractivity contribution in [2.75, 3.05) is 13.1 Å². The number of furan rings is 1. The Balaban J connectivity index is 1.56. The highest BCUT2D eigenvalue weighted by atomic mass is 16.3. The van der Waals surface area contributed by atoms with Gasteiger partial charge in [-0.1, -0.05) is 6.92 Å². The summed E-state index contributed by atoms with van der Waals surface area (Å²) in [6, 6.07) is 4.92. The molecule has 1 aromatic heterocycles. The van der Waals surface area contributed by atoms with E-state index in [1.807, 2.05) is 0 Å². The topological polar surface area (TPSA) is 37.2 Å². The van der Waals surface area contributed by atoms with Gasteiger partial charge in [0, 0.05) is 25.6 Å². The predicted molar refractivity (Wildman–Crippen MR) is 60.8 cm³/mol. The molecule has 2 N–H and O–H groups in total. The summed E-state index contributed by atoms with van der Waals surface area (Å²) in [5, 5.41) is 6.83. The Morgan fingerprint density at radius 1 is 1.27 bits per heavy atom. The summed E-state index contributed by atoms with van der Waals surface area (Å²) in [4.78, 5) is 0. The first-order valence-corrected chi connectivity index (χ1v) is 5.90. The number of rotatable bonds is 7. The molecule has 1 aliphatic carbocycles. The molecular formula is C12H20N2O. The van der Waals surface area contributed by atoms with Crippen LogP contribution in [0.4, 0.5) is 0 Å². The lowest BCUT2D eigenvalue weighted by Gasteiger charge is -2.03.